The first-order valence-corrected chi connectivity index (χ1v) is 3.91. The lowest BCUT2D eigenvalue weighted by Crippen LogP contribution is -2.53. The summed E-state index contributed by atoms with van der Waals surface area (Å²) >= 11 is 0. The molecule has 1 amide bonds. The van der Waals surface area contributed by atoms with Crippen molar-refractivity contribution in [1.82, 2.24) is 10.2 Å². The lowest BCUT2D eigenvalue weighted by atomic mass is 10.2. The number of hydrogen-bond acceptors (Lipinski definition) is 2. The SMILES string of the molecule is CC(C(F)F)N1CCNCC1=O. The molecule has 1 unspecified atom stereocenters. The molecule has 0 aromatic carbocycles. The van der Waals surface area contributed by atoms with E-state index in [1.165, 1.54) is 11.8 Å². The summed E-state index contributed by atoms with van der Waals surface area (Å²) in [4.78, 5) is 12.3. The van der Waals surface area contributed by atoms with Gasteiger partial charge in [0.05, 0.1) is 12.6 Å². The zero-order valence-electron chi connectivity index (χ0n) is 6.89. The normalized spacial score (nSPS) is 21.7. The van der Waals surface area contributed by atoms with E-state index in [1.807, 2.05) is 0 Å². The Kier molecular flexibility index (Phi) is 2.97. The van der Waals surface area contributed by atoms with E-state index in [0.29, 0.717) is 13.1 Å². The van der Waals surface area contributed by atoms with Crippen LogP contribution in [0, 0.1) is 0 Å². The van der Waals surface area contributed by atoms with Crippen LogP contribution < -0.4 is 5.32 Å². The second-order valence-corrected chi connectivity index (χ2v) is 2.84. The van der Waals surface area contributed by atoms with Gasteiger partial charge in [0, 0.05) is 13.1 Å². The van der Waals surface area contributed by atoms with E-state index in [0.717, 1.165) is 0 Å². The molecule has 5 heteroatoms. The number of carbonyl (C=O) groups excluding carboxylic acids is 1. The number of nitrogens with zero attached hydrogens (tertiary/aromatic N) is 1. The van der Waals surface area contributed by atoms with E-state index in [9.17, 15) is 13.6 Å². The Balaban J connectivity index is 2.53. The molecule has 3 nitrogen and oxygen atoms in total. The predicted octanol–water partition coefficient (Wildman–Crippen LogP) is 0.0718. The van der Waals surface area contributed by atoms with E-state index in [2.05, 4.69) is 5.32 Å². The van der Waals surface area contributed by atoms with Crippen molar-refractivity contribution in [3.8, 4) is 0 Å². The number of piperazine rings is 1. The smallest absolute Gasteiger partial charge is 0.258 e. The van der Waals surface area contributed by atoms with E-state index in [-0.39, 0.29) is 12.5 Å². The Morgan fingerprint density at radius 2 is 2.25 bits per heavy atom. The minimum atomic E-state index is -2.45. The highest BCUT2D eigenvalue weighted by Gasteiger charge is 2.28. The lowest BCUT2D eigenvalue weighted by molar-refractivity contribution is -0.137. The quantitative estimate of drug-likeness (QED) is 0.649. The first-order valence-electron chi connectivity index (χ1n) is 3.91. The molecule has 1 heterocycles. The fraction of sp³-hybridized carbons (Fsp3) is 0.857. The molecule has 0 radical (unpaired) electrons. The molecule has 12 heavy (non-hydrogen) atoms. The fourth-order valence-electron chi connectivity index (χ4n) is 1.19. The summed E-state index contributed by atoms with van der Waals surface area (Å²) < 4.78 is 24.3. The second-order valence-electron chi connectivity index (χ2n) is 2.84. The van der Waals surface area contributed by atoms with Gasteiger partial charge in [0.2, 0.25) is 5.91 Å². The van der Waals surface area contributed by atoms with E-state index < -0.39 is 12.5 Å². The van der Waals surface area contributed by atoms with Gasteiger partial charge in [-0.1, -0.05) is 0 Å². The van der Waals surface area contributed by atoms with E-state index in [4.69, 9.17) is 0 Å². The van der Waals surface area contributed by atoms with Crippen LogP contribution in [-0.2, 0) is 4.79 Å². The third-order valence-electron chi connectivity index (χ3n) is 1.98. The molecule has 0 aromatic heterocycles. The molecule has 1 N–H and O–H groups in total. The summed E-state index contributed by atoms with van der Waals surface area (Å²) in [7, 11) is 0. The monoisotopic (exact) mass is 178 g/mol. The van der Waals surface area contributed by atoms with Crippen LogP contribution in [0.15, 0.2) is 0 Å². The summed E-state index contributed by atoms with van der Waals surface area (Å²) in [6, 6.07) is -0.959. The number of rotatable bonds is 2. The number of carbonyl (C=O) groups is 1. The average Bonchev–Trinajstić information content (AvgIpc) is 2.04. The molecular formula is C7H12F2N2O. The molecule has 1 fully saturated rings. The minimum absolute atomic E-state index is 0.178. The Hall–Kier alpha value is -0.710. The molecule has 0 bridgehead atoms. The first-order chi connectivity index (χ1) is 5.63. The molecule has 1 atom stereocenters. The molecule has 1 aliphatic rings. The Morgan fingerprint density at radius 1 is 1.58 bits per heavy atom. The van der Waals surface area contributed by atoms with Crippen molar-refractivity contribution >= 4 is 5.91 Å². The molecule has 1 rings (SSSR count). The van der Waals surface area contributed by atoms with Gasteiger partial charge in [0.1, 0.15) is 0 Å². The molecule has 70 valence electrons. The fourth-order valence-corrected chi connectivity index (χ4v) is 1.19. The molecular weight excluding hydrogens is 166 g/mol. The van der Waals surface area contributed by atoms with Gasteiger partial charge in [-0.3, -0.25) is 4.79 Å². The number of amides is 1. The zero-order valence-corrected chi connectivity index (χ0v) is 6.89. The molecule has 1 aliphatic heterocycles. The second kappa shape index (κ2) is 3.80. The van der Waals surface area contributed by atoms with Crippen molar-refractivity contribution < 1.29 is 13.6 Å². The largest absolute Gasteiger partial charge is 0.332 e. The molecule has 1 saturated heterocycles. The van der Waals surface area contributed by atoms with Crippen molar-refractivity contribution in [2.24, 2.45) is 0 Å². The van der Waals surface area contributed by atoms with Gasteiger partial charge in [-0.15, -0.1) is 0 Å². The highest BCUT2D eigenvalue weighted by molar-refractivity contribution is 5.79. The highest BCUT2D eigenvalue weighted by Crippen LogP contribution is 2.10. The van der Waals surface area contributed by atoms with Gasteiger partial charge in [-0.2, -0.15) is 0 Å². The van der Waals surface area contributed by atoms with Crippen molar-refractivity contribution in [3.05, 3.63) is 0 Å². The van der Waals surface area contributed by atoms with Crippen LogP contribution in [-0.4, -0.2) is 42.9 Å². The van der Waals surface area contributed by atoms with Crippen molar-refractivity contribution in [2.45, 2.75) is 19.4 Å². The average molecular weight is 178 g/mol. The molecule has 0 saturated carbocycles. The predicted molar refractivity (Wildman–Crippen MR) is 40.0 cm³/mol. The van der Waals surface area contributed by atoms with Crippen LogP contribution in [0.1, 0.15) is 6.92 Å². The van der Waals surface area contributed by atoms with E-state index >= 15 is 0 Å². The van der Waals surface area contributed by atoms with Crippen molar-refractivity contribution in [2.75, 3.05) is 19.6 Å². The Morgan fingerprint density at radius 3 is 2.75 bits per heavy atom. The number of alkyl halides is 2. The zero-order chi connectivity index (χ0) is 9.14. The van der Waals surface area contributed by atoms with Crippen LogP contribution in [0.5, 0.6) is 0 Å². The third-order valence-corrected chi connectivity index (χ3v) is 1.98. The summed E-state index contributed by atoms with van der Waals surface area (Å²) in [5.74, 6) is -0.242. The summed E-state index contributed by atoms with van der Waals surface area (Å²) in [5, 5.41) is 2.82. The van der Waals surface area contributed by atoms with Crippen molar-refractivity contribution in [3.63, 3.8) is 0 Å². The van der Waals surface area contributed by atoms with Crippen LogP contribution in [0.25, 0.3) is 0 Å². The first kappa shape index (κ1) is 9.38. The number of hydrogen-bond donors (Lipinski definition) is 1. The molecule has 0 spiro atoms. The van der Waals surface area contributed by atoms with Crippen LogP contribution in [0.4, 0.5) is 8.78 Å². The van der Waals surface area contributed by atoms with Crippen LogP contribution in [0.3, 0.4) is 0 Å². The number of halogens is 2. The Labute approximate surface area is 69.7 Å². The summed E-state index contributed by atoms with van der Waals surface area (Å²) in [5.41, 5.74) is 0. The van der Waals surface area contributed by atoms with Gasteiger partial charge < -0.3 is 10.2 Å². The van der Waals surface area contributed by atoms with Crippen LogP contribution in [0.2, 0.25) is 0 Å². The van der Waals surface area contributed by atoms with E-state index in [1.54, 1.807) is 0 Å². The molecule has 0 aromatic rings. The van der Waals surface area contributed by atoms with Gasteiger partial charge >= 0.3 is 0 Å². The van der Waals surface area contributed by atoms with Crippen molar-refractivity contribution in [1.29, 1.82) is 0 Å². The van der Waals surface area contributed by atoms with Crippen LogP contribution >= 0.6 is 0 Å². The van der Waals surface area contributed by atoms with Gasteiger partial charge in [-0.25, -0.2) is 8.78 Å². The van der Waals surface area contributed by atoms with Gasteiger partial charge in [-0.05, 0) is 6.92 Å². The summed E-state index contributed by atoms with van der Waals surface area (Å²) in [6.07, 6.45) is -2.45. The maximum absolute atomic E-state index is 12.2. The summed E-state index contributed by atoms with van der Waals surface area (Å²) in [6.45, 7) is 2.53. The number of nitrogens with one attached hydrogen (secondary N) is 1. The van der Waals surface area contributed by atoms with Gasteiger partial charge in [0.15, 0.2) is 0 Å². The van der Waals surface area contributed by atoms with Gasteiger partial charge in [0.25, 0.3) is 6.43 Å². The maximum Gasteiger partial charge on any atom is 0.258 e. The Bertz CT molecular complexity index is 175. The topological polar surface area (TPSA) is 32.3 Å². The third kappa shape index (κ3) is 1.91. The minimum Gasteiger partial charge on any atom is -0.332 e. The maximum atomic E-state index is 12.2. The highest BCUT2D eigenvalue weighted by atomic mass is 19.3. The lowest BCUT2D eigenvalue weighted by Gasteiger charge is -2.32. The standard InChI is InChI=1S/C7H12F2N2O/c1-5(7(8)9)11-3-2-10-4-6(11)12/h5,7,10H,2-4H2,1H3. The molecule has 0 aliphatic carbocycles.